The van der Waals surface area contributed by atoms with E-state index in [0.717, 1.165) is 37.1 Å². The fourth-order valence-corrected chi connectivity index (χ4v) is 3.50. The second-order valence-corrected chi connectivity index (χ2v) is 7.54. The van der Waals surface area contributed by atoms with Crippen LogP contribution in [0.5, 0.6) is 0 Å². The van der Waals surface area contributed by atoms with Gasteiger partial charge in [-0.05, 0) is 68.2 Å². The van der Waals surface area contributed by atoms with Crippen molar-refractivity contribution in [1.82, 2.24) is 10.4 Å². The fourth-order valence-electron chi connectivity index (χ4n) is 3.50. The van der Waals surface area contributed by atoms with Gasteiger partial charge in [0.25, 0.3) is 0 Å². The Bertz CT molecular complexity index is 769. The molecule has 0 spiro atoms. The van der Waals surface area contributed by atoms with E-state index in [1.165, 1.54) is 24.3 Å². The highest BCUT2D eigenvalue weighted by Gasteiger charge is 2.23. The Balaban J connectivity index is 1.83. The first-order chi connectivity index (χ1) is 14.4. The quantitative estimate of drug-likeness (QED) is 0.302. The molecule has 2 unspecified atom stereocenters. The van der Waals surface area contributed by atoms with Crippen LogP contribution < -0.4 is 5.48 Å². The van der Waals surface area contributed by atoms with Gasteiger partial charge in [0.05, 0.1) is 6.10 Å². The molecule has 0 bridgehead atoms. The van der Waals surface area contributed by atoms with Gasteiger partial charge in [-0.15, -0.1) is 0 Å². The number of carbonyl (C=O) groups excluding carboxylic acids is 1. The molecule has 0 heterocycles. The number of halogens is 2. The number of nitrogens with zero attached hydrogens (tertiary/aromatic N) is 1. The summed E-state index contributed by atoms with van der Waals surface area (Å²) in [4.78, 5) is 14.3. The van der Waals surface area contributed by atoms with E-state index < -0.39 is 11.8 Å². The second-order valence-electron chi connectivity index (χ2n) is 7.54. The van der Waals surface area contributed by atoms with Crippen LogP contribution in [0.3, 0.4) is 0 Å². The molecule has 0 saturated carbocycles. The van der Waals surface area contributed by atoms with Crippen LogP contribution in [0.25, 0.3) is 0 Å². The Morgan fingerprint density at radius 3 is 2.23 bits per heavy atom. The molecule has 0 aliphatic carbocycles. The third kappa shape index (κ3) is 7.82. The molecule has 1 amide bonds. The van der Waals surface area contributed by atoms with E-state index in [2.05, 4.69) is 4.90 Å². The molecule has 0 aromatic heterocycles. The number of hydroxylamine groups is 1. The van der Waals surface area contributed by atoms with E-state index in [9.17, 15) is 13.6 Å². The van der Waals surface area contributed by atoms with Crippen molar-refractivity contribution in [3.63, 3.8) is 0 Å². The second kappa shape index (κ2) is 12.4. The van der Waals surface area contributed by atoms with Crippen molar-refractivity contribution in [2.24, 2.45) is 5.92 Å². The predicted octanol–water partition coefficient (Wildman–Crippen LogP) is 4.47. The van der Waals surface area contributed by atoms with Crippen LogP contribution in [0, 0.1) is 17.6 Å². The van der Waals surface area contributed by atoms with Gasteiger partial charge in [-0.2, -0.15) is 0 Å². The normalized spacial score (nSPS) is 13.3. The van der Waals surface area contributed by atoms with Crippen molar-refractivity contribution < 1.29 is 23.5 Å². The molecular formula is C23H30F2N2O3. The fraction of sp³-hybridized carbons (Fsp3) is 0.435. The standard InChI is InChI=1S/C23H30F2N2O3/c1-27(16-17-6-10-20(24)11-7-17)14-4-3-5-19(23(28)26-29)15-22(30-2)18-8-12-21(25)13-9-18/h6-13,19,22,29H,3-5,14-16H2,1-2H3,(H,26,28). The zero-order valence-corrected chi connectivity index (χ0v) is 17.5. The molecule has 2 rings (SSSR count). The van der Waals surface area contributed by atoms with E-state index in [0.29, 0.717) is 12.8 Å². The molecule has 0 aliphatic heterocycles. The lowest BCUT2D eigenvalue weighted by Gasteiger charge is -2.22. The van der Waals surface area contributed by atoms with Gasteiger partial charge in [0.2, 0.25) is 5.91 Å². The molecule has 0 aliphatic rings. The lowest BCUT2D eigenvalue weighted by molar-refractivity contribution is -0.135. The zero-order chi connectivity index (χ0) is 21.9. The minimum atomic E-state index is -0.446. The molecule has 2 atom stereocenters. The van der Waals surface area contributed by atoms with E-state index in [1.54, 1.807) is 36.9 Å². The third-order valence-corrected chi connectivity index (χ3v) is 5.21. The van der Waals surface area contributed by atoms with Crippen molar-refractivity contribution in [3.05, 3.63) is 71.3 Å². The predicted molar refractivity (Wildman–Crippen MR) is 111 cm³/mol. The summed E-state index contributed by atoms with van der Waals surface area (Å²) in [6, 6.07) is 12.5. The lowest BCUT2D eigenvalue weighted by atomic mass is 9.91. The Hall–Kier alpha value is -2.35. The van der Waals surface area contributed by atoms with Crippen molar-refractivity contribution in [2.45, 2.75) is 38.3 Å². The number of rotatable bonds is 12. The average molecular weight is 421 g/mol. The van der Waals surface area contributed by atoms with Gasteiger partial charge in [0.1, 0.15) is 11.6 Å². The molecule has 0 fully saturated rings. The van der Waals surface area contributed by atoms with E-state index in [-0.39, 0.29) is 17.7 Å². The maximum atomic E-state index is 13.2. The number of carbonyl (C=O) groups is 1. The first-order valence-electron chi connectivity index (χ1n) is 10.1. The smallest absolute Gasteiger partial charge is 0.246 e. The number of methoxy groups -OCH3 is 1. The molecule has 2 N–H and O–H groups in total. The number of nitrogens with one attached hydrogen (secondary N) is 1. The van der Waals surface area contributed by atoms with Gasteiger partial charge >= 0.3 is 0 Å². The highest BCUT2D eigenvalue weighted by molar-refractivity contribution is 5.77. The summed E-state index contributed by atoms with van der Waals surface area (Å²) in [6.07, 6.45) is 2.29. The van der Waals surface area contributed by atoms with Gasteiger partial charge in [-0.1, -0.05) is 30.7 Å². The van der Waals surface area contributed by atoms with Crippen molar-refractivity contribution in [1.29, 1.82) is 0 Å². The van der Waals surface area contributed by atoms with Gasteiger partial charge in [-0.25, -0.2) is 14.3 Å². The number of unbranched alkanes of at least 4 members (excludes halogenated alkanes) is 1. The van der Waals surface area contributed by atoms with Crippen molar-refractivity contribution in [3.8, 4) is 0 Å². The Labute approximate surface area is 176 Å². The van der Waals surface area contributed by atoms with Crippen LogP contribution in [0.2, 0.25) is 0 Å². The van der Waals surface area contributed by atoms with Gasteiger partial charge in [-0.3, -0.25) is 10.0 Å². The van der Waals surface area contributed by atoms with Crippen LogP contribution >= 0.6 is 0 Å². The summed E-state index contributed by atoms with van der Waals surface area (Å²) in [7, 11) is 3.54. The number of hydrogen-bond acceptors (Lipinski definition) is 4. The monoisotopic (exact) mass is 420 g/mol. The molecule has 7 heteroatoms. The van der Waals surface area contributed by atoms with Crippen molar-refractivity contribution in [2.75, 3.05) is 20.7 Å². The van der Waals surface area contributed by atoms with Crippen LogP contribution in [0.4, 0.5) is 8.78 Å². The maximum absolute atomic E-state index is 13.2. The molecule has 2 aromatic rings. The van der Waals surface area contributed by atoms with Crippen LogP contribution in [0.15, 0.2) is 48.5 Å². The summed E-state index contributed by atoms with van der Waals surface area (Å²) in [5.41, 5.74) is 3.57. The number of ether oxygens (including phenoxy) is 1. The molecule has 0 saturated heterocycles. The van der Waals surface area contributed by atoms with E-state index in [1.807, 2.05) is 7.05 Å². The molecule has 2 aromatic carbocycles. The molecule has 5 nitrogen and oxygen atoms in total. The Morgan fingerprint density at radius 2 is 1.67 bits per heavy atom. The molecular weight excluding hydrogens is 390 g/mol. The van der Waals surface area contributed by atoms with Crippen LogP contribution in [-0.4, -0.2) is 36.7 Å². The summed E-state index contributed by atoms with van der Waals surface area (Å²) in [6.45, 7) is 1.55. The minimum Gasteiger partial charge on any atom is -0.377 e. The average Bonchev–Trinajstić information content (AvgIpc) is 2.75. The topological polar surface area (TPSA) is 61.8 Å². The van der Waals surface area contributed by atoms with Crippen LogP contribution in [0.1, 0.15) is 42.9 Å². The SMILES string of the molecule is COC(CC(CCCCN(C)Cc1ccc(F)cc1)C(=O)NO)c1ccc(F)cc1. The summed E-state index contributed by atoms with van der Waals surface area (Å²) in [5, 5.41) is 9.10. The Kier molecular flexibility index (Phi) is 9.86. The van der Waals surface area contributed by atoms with Gasteiger partial charge in [0.15, 0.2) is 0 Å². The molecule has 164 valence electrons. The first-order valence-corrected chi connectivity index (χ1v) is 10.1. The summed E-state index contributed by atoms with van der Waals surface area (Å²) < 4.78 is 31.7. The minimum absolute atomic E-state index is 0.246. The van der Waals surface area contributed by atoms with Gasteiger partial charge in [0, 0.05) is 19.6 Å². The van der Waals surface area contributed by atoms with E-state index in [4.69, 9.17) is 9.94 Å². The Morgan fingerprint density at radius 1 is 1.07 bits per heavy atom. The van der Waals surface area contributed by atoms with E-state index >= 15 is 0 Å². The first kappa shape index (κ1) is 23.9. The highest BCUT2D eigenvalue weighted by atomic mass is 19.1. The maximum Gasteiger partial charge on any atom is 0.246 e. The van der Waals surface area contributed by atoms with Crippen molar-refractivity contribution >= 4 is 5.91 Å². The molecule has 0 radical (unpaired) electrons. The zero-order valence-electron chi connectivity index (χ0n) is 17.5. The molecule has 30 heavy (non-hydrogen) atoms. The highest BCUT2D eigenvalue weighted by Crippen LogP contribution is 2.28. The number of hydrogen-bond donors (Lipinski definition) is 2. The van der Waals surface area contributed by atoms with Gasteiger partial charge < -0.3 is 9.64 Å². The van der Waals surface area contributed by atoms with Crippen LogP contribution in [-0.2, 0) is 16.1 Å². The largest absolute Gasteiger partial charge is 0.377 e. The summed E-state index contributed by atoms with van der Waals surface area (Å²) in [5.74, 6) is -1.45. The lowest BCUT2D eigenvalue weighted by Crippen LogP contribution is -2.29. The third-order valence-electron chi connectivity index (χ3n) is 5.21. The number of benzene rings is 2. The summed E-state index contributed by atoms with van der Waals surface area (Å²) >= 11 is 0. The number of amides is 1.